The Labute approximate surface area is 72.8 Å². The summed E-state index contributed by atoms with van der Waals surface area (Å²) >= 11 is 4.76. The molecule has 0 aromatic heterocycles. The lowest BCUT2D eigenvalue weighted by Gasteiger charge is -1.83. The first-order chi connectivity index (χ1) is 5.22. The van der Waals surface area contributed by atoms with Gasteiger partial charge in [0.05, 0.1) is 7.11 Å². The molecule has 0 bridgehead atoms. The highest BCUT2D eigenvalue weighted by Crippen LogP contribution is 1.67. The van der Waals surface area contributed by atoms with Crippen LogP contribution in [0.25, 0.3) is 0 Å². The maximum absolute atomic E-state index is 9.84. The average Bonchev–Trinajstić information content (AvgIpc) is 2.08. The lowest BCUT2D eigenvalue weighted by atomic mass is 10.7. The second-order valence-corrected chi connectivity index (χ2v) is 1.19. The molecule has 11 heavy (non-hydrogen) atoms. The monoisotopic (exact) mass is 176 g/mol. The van der Waals surface area contributed by atoms with E-state index in [0.717, 1.165) is 6.08 Å². The number of esters is 1. The molecule has 0 radical (unpaired) electrons. The Morgan fingerprint density at radius 3 is 1.73 bits per heavy atom. The minimum Gasteiger partial charge on any atom is -0.466 e. The summed E-state index contributed by atoms with van der Waals surface area (Å²) in [5.41, 5.74) is 1.22. The Morgan fingerprint density at radius 1 is 1.45 bits per heavy atom. The van der Waals surface area contributed by atoms with E-state index in [1.165, 1.54) is 12.6 Å². The molecule has 0 aliphatic heterocycles. The zero-order valence-electron chi connectivity index (χ0n) is 6.68. The van der Waals surface area contributed by atoms with Crippen molar-refractivity contribution < 1.29 is 9.53 Å². The van der Waals surface area contributed by atoms with Crippen LogP contribution in [-0.4, -0.2) is 13.1 Å². The van der Waals surface area contributed by atoms with E-state index in [2.05, 4.69) is 31.1 Å². The summed E-state index contributed by atoms with van der Waals surface area (Å²) in [5, 5.41) is 0. The lowest BCUT2D eigenvalue weighted by Crippen LogP contribution is -1.91. The van der Waals surface area contributed by atoms with E-state index in [0.29, 0.717) is 0 Å². The highest BCUT2D eigenvalue weighted by molar-refractivity contribution is 6.25. The molecule has 0 aliphatic carbocycles. The molecule has 0 saturated carbocycles. The van der Waals surface area contributed by atoms with E-state index in [1.54, 1.807) is 0 Å². The number of methoxy groups -OCH3 is 1. The molecule has 0 spiro atoms. The lowest BCUT2D eigenvalue weighted by molar-refractivity contribution is -0.134. The van der Waals surface area contributed by atoms with E-state index < -0.39 is 5.97 Å². The van der Waals surface area contributed by atoms with Crippen LogP contribution in [0.2, 0.25) is 0 Å². The standard InChI is InChI=1S/C4H6O2.C2H3Cl.C2H4/c1-3-4(5)6-2;1-2-3;1-2/h3H,1H2,2H3;2H,1H2;1-2H2. The van der Waals surface area contributed by atoms with Gasteiger partial charge in [-0.15, -0.1) is 13.2 Å². The Balaban J connectivity index is -0.000000109. The Kier molecular flexibility index (Phi) is 34.6. The molecule has 3 heteroatoms. The number of halogens is 1. The van der Waals surface area contributed by atoms with E-state index in [4.69, 9.17) is 11.6 Å². The van der Waals surface area contributed by atoms with Crippen molar-refractivity contribution in [2.24, 2.45) is 0 Å². The predicted molar refractivity (Wildman–Crippen MR) is 49.5 cm³/mol. The van der Waals surface area contributed by atoms with Gasteiger partial charge in [0.2, 0.25) is 0 Å². The molecular weight excluding hydrogens is 164 g/mol. The van der Waals surface area contributed by atoms with E-state index in [1.807, 2.05) is 0 Å². The Hall–Kier alpha value is -1.02. The Bertz CT molecular complexity index is 111. The molecule has 0 N–H and O–H groups in total. The second-order valence-electron chi connectivity index (χ2n) is 0.882. The minimum atomic E-state index is -0.394. The van der Waals surface area contributed by atoms with Gasteiger partial charge in [0.15, 0.2) is 0 Å². The smallest absolute Gasteiger partial charge is 0.329 e. The van der Waals surface area contributed by atoms with E-state index in [9.17, 15) is 4.79 Å². The fraction of sp³-hybridized carbons (Fsp3) is 0.125. The molecule has 0 aromatic carbocycles. The topological polar surface area (TPSA) is 26.3 Å². The van der Waals surface area contributed by atoms with Gasteiger partial charge in [-0.25, -0.2) is 4.79 Å². The molecule has 0 unspecified atom stereocenters. The maximum Gasteiger partial charge on any atom is 0.329 e. The fourth-order valence-electron chi connectivity index (χ4n) is 0.0833. The van der Waals surface area contributed by atoms with Crippen LogP contribution < -0.4 is 0 Å². The quantitative estimate of drug-likeness (QED) is 0.349. The van der Waals surface area contributed by atoms with Gasteiger partial charge >= 0.3 is 5.97 Å². The van der Waals surface area contributed by atoms with Gasteiger partial charge in [-0.2, -0.15) is 0 Å². The number of ether oxygens (including phenoxy) is 1. The van der Waals surface area contributed by atoms with Crippen LogP contribution in [0.5, 0.6) is 0 Å². The molecule has 0 amide bonds. The SMILES string of the molecule is C=C.C=CC(=O)OC.C=CCl. The molecular formula is C8H13ClO2. The summed E-state index contributed by atoms with van der Waals surface area (Å²) in [6, 6.07) is 0. The molecule has 2 nitrogen and oxygen atoms in total. The van der Waals surface area contributed by atoms with Gasteiger partial charge in [0.25, 0.3) is 0 Å². The fourth-order valence-corrected chi connectivity index (χ4v) is 0.0833. The molecule has 0 aromatic rings. The third-order valence-corrected chi connectivity index (χ3v) is 0.368. The first kappa shape index (κ1) is 16.5. The normalized spacial score (nSPS) is 5.27. The van der Waals surface area contributed by atoms with Gasteiger partial charge in [-0.1, -0.05) is 24.8 Å². The largest absolute Gasteiger partial charge is 0.466 e. The number of rotatable bonds is 1. The summed E-state index contributed by atoms with van der Waals surface area (Å²) in [6.07, 6.45) is 1.11. The molecule has 0 atom stereocenters. The van der Waals surface area contributed by atoms with E-state index >= 15 is 0 Å². The summed E-state index contributed by atoms with van der Waals surface area (Å²) < 4.78 is 4.14. The van der Waals surface area contributed by atoms with Gasteiger partial charge in [0, 0.05) is 6.08 Å². The average molecular weight is 177 g/mol. The molecule has 0 saturated heterocycles. The number of hydrogen-bond acceptors (Lipinski definition) is 2. The zero-order chi connectivity index (χ0) is 9.70. The molecule has 0 aliphatic rings. The first-order valence-corrected chi connectivity index (χ1v) is 3.08. The molecule has 0 rings (SSSR count). The van der Waals surface area contributed by atoms with Crippen molar-refractivity contribution in [3.05, 3.63) is 37.9 Å². The van der Waals surface area contributed by atoms with Crippen molar-refractivity contribution in [2.75, 3.05) is 7.11 Å². The highest BCUT2D eigenvalue weighted by atomic mass is 35.5. The molecule has 0 fully saturated rings. The minimum absolute atomic E-state index is 0.394. The van der Waals surface area contributed by atoms with Gasteiger partial charge in [-0.3, -0.25) is 0 Å². The van der Waals surface area contributed by atoms with Crippen molar-refractivity contribution in [1.29, 1.82) is 0 Å². The van der Waals surface area contributed by atoms with Crippen LogP contribution in [0, 0.1) is 0 Å². The highest BCUT2D eigenvalue weighted by Gasteiger charge is 1.81. The van der Waals surface area contributed by atoms with Gasteiger partial charge in [0.1, 0.15) is 0 Å². The first-order valence-electron chi connectivity index (χ1n) is 2.64. The summed E-state index contributed by atoms with van der Waals surface area (Å²) in [4.78, 5) is 9.84. The third kappa shape index (κ3) is 49.3. The van der Waals surface area contributed by atoms with Crippen molar-refractivity contribution in [1.82, 2.24) is 0 Å². The summed E-state index contributed by atoms with van der Waals surface area (Å²) in [5.74, 6) is -0.394. The summed E-state index contributed by atoms with van der Waals surface area (Å²) in [6.45, 7) is 12.3. The van der Waals surface area contributed by atoms with Crippen molar-refractivity contribution >= 4 is 17.6 Å². The van der Waals surface area contributed by atoms with Crippen LogP contribution in [-0.2, 0) is 9.53 Å². The van der Waals surface area contributed by atoms with Crippen LogP contribution >= 0.6 is 11.6 Å². The third-order valence-electron chi connectivity index (χ3n) is 0.368. The van der Waals surface area contributed by atoms with Crippen LogP contribution in [0.3, 0.4) is 0 Å². The number of carbonyl (C=O) groups is 1. The Morgan fingerprint density at radius 2 is 1.73 bits per heavy atom. The maximum atomic E-state index is 9.84. The van der Waals surface area contributed by atoms with Crippen LogP contribution in [0.1, 0.15) is 0 Å². The van der Waals surface area contributed by atoms with Crippen molar-refractivity contribution in [3.8, 4) is 0 Å². The van der Waals surface area contributed by atoms with Gasteiger partial charge in [-0.05, 0) is 5.54 Å². The molecule has 0 heterocycles. The zero-order valence-corrected chi connectivity index (χ0v) is 7.43. The number of hydrogen-bond donors (Lipinski definition) is 0. The summed E-state index contributed by atoms with van der Waals surface area (Å²) in [7, 11) is 1.31. The van der Waals surface area contributed by atoms with Crippen molar-refractivity contribution in [2.45, 2.75) is 0 Å². The van der Waals surface area contributed by atoms with Crippen LogP contribution in [0.4, 0.5) is 0 Å². The van der Waals surface area contributed by atoms with Crippen molar-refractivity contribution in [3.63, 3.8) is 0 Å². The number of carbonyl (C=O) groups excluding carboxylic acids is 1. The van der Waals surface area contributed by atoms with E-state index in [-0.39, 0.29) is 0 Å². The second kappa shape index (κ2) is 23.1. The predicted octanol–water partition coefficient (Wildman–Crippen LogP) is 2.52. The molecule has 64 valence electrons. The van der Waals surface area contributed by atoms with Gasteiger partial charge < -0.3 is 4.74 Å². The van der Waals surface area contributed by atoms with Crippen LogP contribution in [0.15, 0.2) is 37.9 Å².